The number of hydrogen-bond donors (Lipinski definition) is 1. The Hall–Kier alpha value is -2.27. The van der Waals surface area contributed by atoms with Gasteiger partial charge in [-0.2, -0.15) is 0 Å². The molecule has 0 aliphatic carbocycles. The molecule has 0 saturated carbocycles. The Bertz CT molecular complexity index is 840. The number of aromatic amines is 1. The summed E-state index contributed by atoms with van der Waals surface area (Å²) in [5, 5.41) is 0.0287. The average Bonchev–Trinajstić information content (AvgIpc) is 2.54. The van der Waals surface area contributed by atoms with E-state index >= 15 is 0 Å². The summed E-state index contributed by atoms with van der Waals surface area (Å²) in [5.74, 6) is 0.822. The zero-order valence-corrected chi connectivity index (χ0v) is 13.1. The van der Waals surface area contributed by atoms with E-state index in [2.05, 4.69) is 11.1 Å². The molecule has 6 heteroatoms. The van der Waals surface area contributed by atoms with Crippen molar-refractivity contribution in [2.75, 3.05) is 19.7 Å². The van der Waals surface area contributed by atoms with Gasteiger partial charge in [0.05, 0.1) is 12.2 Å². The summed E-state index contributed by atoms with van der Waals surface area (Å²) in [5.41, 5.74) is 1.20. The molecule has 0 bridgehead atoms. The van der Waals surface area contributed by atoms with Crippen LogP contribution < -0.4 is 10.3 Å². The van der Waals surface area contributed by atoms with Gasteiger partial charge in [-0.05, 0) is 24.1 Å². The van der Waals surface area contributed by atoms with Crippen LogP contribution in [0.25, 0.3) is 0 Å². The number of rotatable bonds is 1. The molecule has 3 heterocycles. The smallest absolute Gasteiger partial charge is 0.266 e. The Balaban J connectivity index is 1.48. The third kappa shape index (κ3) is 2.41. The van der Waals surface area contributed by atoms with E-state index in [0.717, 1.165) is 12.2 Å². The summed E-state index contributed by atoms with van der Waals surface area (Å²) >= 11 is 5.79. The summed E-state index contributed by atoms with van der Waals surface area (Å²) in [6.45, 7) is 1.92. The second-order valence-corrected chi connectivity index (χ2v) is 6.71. The molecule has 4 rings (SSSR count). The van der Waals surface area contributed by atoms with E-state index in [4.69, 9.17) is 16.3 Å². The van der Waals surface area contributed by atoms with Crippen molar-refractivity contribution in [2.45, 2.75) is 6.42 Å². The minimum Gasteiger partial charge on any atom is -0.493 e. The lowest BCUT2D eigenvalue weighted by Gasteiger charge is -2.51. The highest BCUT2D eigenvalue weighted by molar-refractivity contribution is 6.30. The predicted octanol–water partition coefficient (Wildman–Crippen LogP) is 2.11. The maximum absolute atomic E-state index is 12.5. The first-order valence-corrected chi connectivity index (χ1v) is 7.82. The molecule has 1 spiro atoms. The molecule has 1 amide bonds. The summed E-state index contributed by atoms with van der Waals surface area (Å²) in [7, 11) is 0. The lowest BCUT2D eigenvalue weighted by Crippen LogP contribution is -2.62. The Morgan fingerprint density at radius 2 is 2.09 bits per heavy atom. The Kier molecular flexibility index (Phi) is 3.20. The number of halogens is 1. The number of benzene rings is 1. The molecular formula is C17H15ClN2O3. The summed E-state index contributed by atoms with van der Waals surface area (Å²) in [6.07, 6.45) is 2.33. The normalized spacial score (nSPS) is 18.0. The Morgan fingerprint density at radius 1 is 1.30 bits per heavy atom. The number of pyridine rings is 1. The standard InChI is InChI=1S/C17H15ClN2O3/c18-13-5-12(7-19-15(13)21)16(22)20-8-17(9-20)6-11-3-1-2-4-14(11)23-10-17/h1-5,7H,6,8-10H2,(H,19,21). The van der Waals surface area contributed by atoms with Gasteiger partial charge in [-0.15, -0.1) is 0 Å². The molecular weight excluding hydrogens is 316 g/mol. The van der Waals surface area contributed by atoms with Crippen molar-refractivity contribution >= 4 is 17.5 Å². The summed E-state index contributed by atoms with van der Waals surface area (Å²) < 4.78 is 5.84. The first-order chi connectivity index (χ1) is 11.1. The molecule has 1 saturated heterocycles. The van der Waals surface area contributed by atoms with Crippen molar-refractivity contribution in [1.82, 2.24) is 9.88 Å². The maximum atomic E-state index is 12.5. The molecule has 0 unspecified atom stereocenters. The molecule has 1 fully saturated rings. The van der Waals surface area contributed by atoms with Gasteiger partial charge < -0.3 is 14.6 Å². The number of nitrogens with one attached hydrogen (secondary N) is 1. The second kappa shape index (κ2) is 5.13. The number of fused-ring (bicyclic) bond motifs is 1. The van der Waals surface area contributed by atoms with Gasteiger partial charge in [0.2, 0.25) is 0 Å². The number of H-pyrrole nitrogens is 1. The van der Waals surface area contributed by atoms with E-state index in [0.29, 0.717) is 25.3 Å². The number of aromatic nitrogens is 1. The van der Waals surface area contributed by atoms with E-state index in [1.807, 2.05) is 18.2 Å². The van der Waals surface area contributed by atoms with Gasteiger partial charge in [0.25, 0.3) is 11.5 Å². The minimum absolute atomic E-state index is 0.00397. The summed E-state index contributed by atoms with van der Waals surface area (Å²) in [6, 6.07) is 9.44. The lowest BCUT2D eigenvalue weighted by molar-refractivity contribution is -0.0291. The van der Waals surface area contributed by atoms with Crippen LogP contribution >= 0.6 is 11.6 Å². The number of nitrogens with zero attached hydrogens (tertiary/aromatic N) is 1. The van der Waals surface area contributed by atoms with E-state index in [-0.39, 0.29) is 21.9 Å². The predicted molar refractivity (Wildman–Crippen MR) is 86.1 cm³/mol. The molecule has 1 N–H and O–H groups in total. The van der Waals surface area contributed by atoms with Crippen LogP contribution in [0.2, 0.25) is 5.02 Å². The average molecular weight is 331 g/mol. The van der Waals surface area contributed by atoms with Crippen LogP contribution in [0.3, 0.4) is 0 Å². The molecule has 0 radical (unpaired) electrons. The van der Waals surface area contributed by atoms with Gasteiger partial charge in [0, 0.05) is 24.7 Å². The van der Waals surface area contributed by atoms with Crippen LogP contribution in [-0.2, 0) is 6.42 Å². The fourth-order valence-electron chi connectivity index (χ4n) is 3.35. The minimum atomic E-state index is -0.388. The topological polar surface area (TPSA) is 62.4 Å². The number of likely N-dealkylation sites (tertiary alicyclic amines) is 1. The highest BCUT2D eigenvalue weighted by Crippen LogP contribution is 2.41. The molecule has 5 nitrogen and oxygen atoms in total. The van der Waals surface area contributed by atoms with Crippen LogP contribution in [0, 0.1) is 5.41 Å². The van der Waals surface area contributed by atoms with Crippen LogP contribution in [0.15, 0.2) is 41.3 Å². The number of carbonyl (C=O) groups is 1. The maximum Gasteiger partial charge on any atom is 0.266 e. The number of hydrogen-bond acceptors (Lipinski definition) is 3. The van der Waals surface area contributed by atoms with Gasteiger partial charge >= 0.3 is 0 Å². The monoisotopic (exact) mass is 330 g/mol. The quantitative estimate of drug-likeness (QED) is 0.871. The van der Waals surface area contributed by atoms with Crippen molar-refractivity contribution in [2.24, 2.45) is 5.41 Å². The SMILES string of the molecule is O=C(c1c[nH]c(=O)c(Cl)c1)N1CC2(COc3ccccc3C2)C1. The third-order valence-electron chi connectivity index (χ3n) is 4.52. The van der Waals surface area contributed by atoms with E-state index in [1.54, 1.807) is 4.90 Å². The molecule has 23 heavy (non-hydrogen) atoms. The largest absolute Gasteiger partial charge is 0.493 e. The molecule has 0 atom stereocenters. The second-order valence-electron chi connectivity index (χ2n) is 6.30. The van der Waals surface area contributed by atoms with Crippen molar-refractivity contribution in [3.8, 4) is 5.75 Å². The lowest BCUT2D eigenvalue weighted by atomic mass is 9.74. The zero-order valence-electron chi connectivity index (χ0n) is 12.3. The molecule has 2 aliphatic heterocycles. The Labute approximate surface area is 137 Å². The highest BCUT2D eigenvalue weighted by atomic mass is 35.5. The zero-order chi connectivity index (χ0) is 16.0. The number of ether oxygens (including phenoxy) is 1. The molecule has 1 aromatic heterocycles. The molecule has 118 valence electrons. The number of para-hydroxylation sites is 1. The Morgan fingerprint density at radius 3 is 2.87 bits per heavy atom. The van der Waals surface area contributed by atoms with Crippen molar-refractivity contribution < 1.29 is 9.53 Å². The van der Waals surface area contributed by atoms with Crippen LogP contribution in [-0.4, -0.2) is 35.5 Å². The van der Waals surface area contributed by atoms with Gasteiger partial charge in [-0.1, -0.05) is 29.8 Å². The van der Waals surface area contributed by atoms with Gasteiger partial charge in [-0.3, -0.25) is 9.59 Å². The number of carbonyl (C=O) groups excluding carboxylic acids is 1. The fraction of sp³-hybridized carbons (Fsp3) is 0.294. The highest BCUT2D eigenvalue weighted by Gasteiger charge is 2.48. The number of amides is 1. The van der Waals surface area contributed by atoms with Crippen molar-refractivity contribution in [3.63, 3.8) is 0 Å². The van der Waals surface area contributed by atoms with Gasteiger partial charge in [0.15, 0.2) is 0 Å². The first-order valence-electron chi connectivity index (χ1n) is 7.45. The van der Waals surface area contributed by atoms with Crippen LogP contribution in [0.1, 0.15) is 15.9 Å². The first kappa shape index (κ1) is 14.3. The van der Waals surface area contributed by atoms with Crippen LogP contribution in [0.5, 0.6) is 5.75 Å². The molecule has 2 aliphatic rings. The van der Waals surface area contributed by atoms with E-state index < -0.39 is 0 Å². The van der Waals surface area contributed by atoms with Crippen molar-refractivity contribution in [3.05, 3.63) is 63.0 Å². The molecule has 2 aromatic rings. The van der Waals surface area contributed by atoms with Gasteiger partial charge in [0.1, 0.15) is 10.8 Å². The van der Waals surface area contributed by atoms with E-state index in [9.17, 15) is 9.59 Å². The van der Waals surface area contributed by atoms with Crippen molar-refractivity contribution in [1.29, 1.82) is 0 Å². The fourth-order valence-corrected chi connectivity index (χ4v) is 3.52. The van der Waals surface area contributed by atoms with Gasteiger partial charge in [-0.25, -0.2) is 0 Å². The third-order valence-corrected chi connectivity index (χ3v) is 4.80. The van der Waals surface area contributed by atoms with E-state index in [1.165, 1.54) is 17.8 Å². The summed E-state index contributed by atoms with van der Waals surface area (Å²) in [4.78, 5) is 28.0. The molecule has 1 aromatic carbocycles. The van der Waals surface area contributed by atoms with Crippen LogP contribution in [0.4, 0.5) is 0 Å².